The van der Waals surface area contributed by atoms with Crippen LogP contribution in [0.15, 0.2) is 47.5 Å². The highest BCUT2D eigenvalue weighted by atomic mass is 35.5. The fourth-order valence-corrected chi connectivity index (χ4v) is 2.79. The van der Waals surface area contributed by atoms with Crippen molar-refractivity contribution in [2.24, 2.45) is 4.99 Å². The summed E-state index contributed by atoms with van der Waals surface area (Å²) in [5.41, 5.74) is 2.48. The van der Waals surface area contributed by atoms with Gasteiger partial charge in [0.25, 0.3) is 0 Å². The molecule has 0 aliphatic carbocycles. The van der Waals surface area contributed by atoms with E-state index in [1.54, 1.807) is 26.3 Å². The minimum atomic E-state index is -0.263. The fourth-order valence-electron chi connectivity index (χ4n) is 2.49. The van der Waals surface area contributed by atoms with Crippen molar-refractivity contribution < 1.29 is 9.13 Å². The lowest BCUT2D eigenvalue weighted by molar-refractivity contribution is 0.181. The Hall–Kier alpha value is -2.11. The van der Waals surface area contributed by atoms with E-state index in [4.69, 9.17) is 16.3 Å². The SMILES string of the molecule is CN=C(NCc1ccc(F)c(COC)c1)NC(C)c1ccccc1Cl. The third kappa shape index (κ3) is 5.44. The van der Waals surface area contributed by atoms with Crippen molar-refractivity contribution in [1.82, 2.24) is 10.6 Å². The number of rotatable bonds is 6. The molecule has 2 aromatic carbocycles. The van der Waals surface area contributed by atoms with E-state index in [9.17, 15) is 4.39 Å². The van der Waals surface area contributed by atoms with Crippen LogP contribution in [-0.2, 0) is 17.9 Å². The number of nitrogens with zero attached hydrogens (tertiary/aromatic N) is 1. The van der Waals surface area contributed by atoms with Gasteiger partial charge in [-0.15, -0.1) is 0 Å². The summed E-state index contributed by atoms with van der Waals surface area (Å²) in [5, 5.41) is 7.24. The van der Waals surface area contributed by atoms with Crippen molar-refractivity contribution in [1.29, 1.82) is 0 Å². The Kier molecular flexibility index (Phi) is 7.22. The smallest absolute Gasteiger partial charge is 0.191 e. The summed E-state index contributed by atoms with van der Waals surface area (Å²) < 4.78 is 18.7. The topological polar surface area (TPSA) is 45.7 Å². The van der Waals surface area contributed by atoms with Gasteiger partial charge in [-0.05, 0) is 36.2 Å². The van der Waals surface area contributed by atoms with E-state index in [-0.39, 0.29) is 18.5 Å². The van der Waals surface area contributed by atoms with E-state index in [0.29, 0.717) is 23.1 Å². The molecule has 0 aliphatic rings. The highest BCUT2D eigenvalue weighted by molar-refractivity contribution is 6.31. The number of hydrogen-bond donors (Lipinski definition) is 2. The molecule has 0 saturated heterocycles. The first-order valence-corrected chi connectivity index (χ1v) is 8.40. The number of nitrogens with one attached hydrogen (secondary N) is 2. The number of ether oxygens (including phenoxy) is 1. The van der Waals surface area contributed by atoms with Crippen LogP contribution in [0.1, 0.15) is 29.7 Å². The average molecular weight is 364 g/mol. The second-order valence-electron chi connectivity index (χ2n) is 5.67. The van der Waals surface area contributed by atoms with Crippen LogP contribution < -0.4 is 10.6 Å². The minimum Gasteiger partial charge on any atom is -0.380 e. The van der Waals surface area contributed by atoms with Crippen LogP contribution >= 0.6 is 11.6 Å². The first kappa shape index (κ1) is 19.2. The summed E-state index contributed by atoms with van der Waals surface area (Å²) in [4.78, 5) is 4.23. The molecule has 0 aromatic heterocycles. The van der Waals surface area contributed by atoms with Crippen molar-refractivity contribution in [2.45, 2.75) is 26.1 Å². The van der Waals surface area contributed by atoms with Crippen LogP contribution in [-0.4, -0.2) is 20.1 Å². The Labute approximate surface area is 153 Å². The molecule has 0 heterocycles. The summed E-state index contributed by atoms with van der Waals surface area (Å²) >= 11 is 6.23. The second-order valence-corrected chi connectivity index (χ2v) is 6.08. The fraction of sp³-hybridized carbons (Fsp3) is 0.316. The van der Waals surface area contributed by atoms with Crippen molar-refractivity contribution in [3.8, 4) is 0 Å². The number of hydrogen-bond acceptors (Lipinski definition) is 2. The van der Waals surface area contributed by atoms with Gasteiger partial charge in [0.05, 0.1) is 12.6 Å². The molecule has 0 spiro atoms. The zero-order valence-corrected chi connectivity index (χ0v) is 15.4. The molecule has 2 N–H and O–H groups in total. The van der Waals surface area contributed by atoms with E-state index >= 15 is 0 Å². The Morgan fingerprint density at radius 3 is 2.72 bits per heavy atom. The third-order valence-corrected chi connectivity index (χ3v) is 4.16. The molecule has 0 aliphatic heterocycles. The van der Waals surface area contributed by atoms with E-state index in [1.165, 1.54) is 6.07 Å². The molecule has 0 amide bonds. The number of halogens is 2. The van der Waals surface area contributed by atoms with Gasteiger partial charge in [-0.1, -0.05) is 35.9 Å². The first-order valence-electron chi connectivity index (χ1n) is 8.03. The van der Waals surface area contributed by atoms with Gasteiger partial charge in [0.1, 0.15) is 5.82 Å². The third-order valence-electron chi connectivity index (χ3n) is 3.82. The highest BCUT2D eigenvalue weighted by Gasteiger charge is 2.11. The molecule has 2 rings (SSSR count). The zero-order valence-electron chi connectivity index (χ0n) is 14.6. The van der Waals surface area contributed by atoms with Gasteiger partial charge in [-0.25, -0.2) is 4.39 Å². The summed E-state index contributed by atoms with van der Waals surface area (Å²) in [5.74, 6) is 0.380. The molecule has 1 atom stereocenters. The van der Waals surface area contributed by atoms with E-state index in [2.05, 4.69) is 15.6 Å². The molecule has 0 saturated carbocycles. The van der Waals surface area contributed by atoms with Crippen LogP contribution in [0.3, 0.4) is 0 Å². The molecular formula is C19H23ClFN3O. The van der Waals surface area contributed by atoms with E-state index in [1.807, 2.05) is 31.2 Å². The Morgan fingerprint density at radius 1 is 1.28 bits per heavy atom. The van der Waals surface area contributed by atoms with Gasteiger partial charge >= 0.3 is 0 Å². The standard InChI is InChI=1S/C19H23ClFN3O/c1-13(16-6-4-5-7-17(16)20)24-19(22-2)23-11-14-8-9-18(21)15(10-14)12-25-3/h4-10,13H,11-12H2,1-3H3,(H2,22,23,24). The van der Waals surface area contributed by atoms with Gasteiger partial charge in [0, 0.05) is 31.3 Å². The van der Waals surface area contributed by atoms with Crippen LogP contribution in [0.25, 0.3) is 0 Å². The highest BCUT2D eigenvalue weighted by Crippen LogP contribution is 2.22. The predicted octanol–water partition coefficient (Wildman–Crippen LogP) is 4.05. The maximum absolute atomic E-state index is 13.7. The molecule has 0 radical (unpaired) electrons. The second kappa shape index (κ2) is 9.39. The van der Waals surface area contributed by atoms with E-state index in [0.717, 1.165) is 11.1 Å². The summed E-state index contributed by atoms with van der Waals surface area (Å²) in [6.07, 6.45) is 0. The lowest BCUT2D eigenvalue weighted by Gasteiger charge is -2.19. The van der Waals surface area contributed by atoms with Crippen molar-refractivity contribution >= 4 is 17.6 Å². The lowest BCUT2D eigenvalue weighted by atomic mass is 10.1. The number of benzene rings is 2. The van der Waals surface area contributed by atoms with Gasteiger partial charge in [0.2, 0.25) is 0 Å². The quantitative estimate of drug-likeness (QED) is 0.601. The van der Waals surface area contributed by atoms with Gasteiger partial charge in [0.15, 0.2) is 5.96 Å². The van der Waals surface area contributed by atoms with E-state index < -0.39 is 0 Å². The van der Waals surface area contributed by atoms with Crippen LogP contribution in [0.2, 0.25) is 5.02 Å². The molecule has 0 bridgehead atoms. The molecular weight excluding hydrogens is 341 g/mol. The van der Waals surface area contributed by atoms with Crippen LogP contribution in [0, 0.1) is 5.82 Å². The predicted molar refractivity (Wildman–Crippen MR) is 100 cm³/mol. The Morgan fingerprint density at radius 2 is 2.04 bits per heavy atom. The number of methoxy groups -OCH3 is 1. The summed E-state index contributed by atoms with van der Waals surface area (Å²) in [7, 11) is 3.25. The molecule has 2 aromatic rings. The molecule has 0 fully saturated rings. The van der Waals surface area contributed by atoms with Crippen molar-refractivity contribution in [3.05, 3.63) is 70.0 Å². The maximum Gasteiger partial charge on any atom is 0.191 e. The summed E-state index contributed by atoms with van der Waals surface area (Å²) in [6.45, 7) is 2.78. The van der Waals surface area contributed by atoms with Gasteiger partial charge in [-0.2, -0.15) is 0 Å². The Balaban J connectivity index is 1.99. The van der Waals surface area contributed by atoms with Gasteiger partial charge in [-0.3, -0.25) is 4.99 Å². The van der Waals surface area contributed by atoms with Crippen molar-refractivity contribution in [2.75, 3.05) is 14.2 Å². The average Bonchev–Trinajstić information content (AvgIpc) is 2.61. The monoisotopic (exact) mass is 363 g/mol. The molecule has 25 heavy (non-hydrogen) atoms. The molecule has 4 nitrogen and oxygen atoms in total. The largest absolute Gasteiger partial charge is 0.380 e. The van der Waals surface area contributed by atoms with Gasteiger partial charge < -0.3 is 15.4 Å². The maximum atomic E-state index is 13.7. The Bertz CT molecular complexity index is 736. The normalized spacial score (nSPS) is 12.8. The minimum absolute atomic E-state index is 0.00262. The molecule has 6 heteroatoms. The first-order chi connectivity index (χ1) is 12.0. The molecule has 1 unspecified atom stereocenters. The van der Waals surface area contributed by atoms with Crippen LogP contribution in [0.5, 0.6) is 0 Å². The van der Waals surface area contributed by atoms with Crippen LogP contribution in [0.4, 0.5) is 4.39 Å². The number of aliphatic imine (C=N–C) groups is 1. The lowest BCUT2D eigenvalue weighted by Crippen LogP contribution is -2.38. The zero-order chi connectivity index (χ0) is 18.2. The number of guanidine groups is 1. The molecule has 134 valence electrons. The summed E-state index contributed by atoms with van der Waals surface area (Å²) in [6, 6.07) is 12.7. The van der Waals surface area contributed by atoms with Crippen molar-refractivity contribution in [3.63, 3.8) is 0 Å².